The molecule has 2 N–H and O–H groups in total. The van der Waals surface area contributed by atoms with E-state index in [0.717, 1.165) is 5.69 Å². The third-order valence-electron chi connectivity index (χ3n) is 3.10. The molecule has 2 rings (SSSR count). The number of nitrogens with zero attached hydrogens (tertiary/aromatic N) is 4. The molecule has 2 heterocycles. The molecular formula is C12H15N5O3. The third kappa shape index (κ3) is 2.53. The summed E-state index contributed by atoms with van der Waals surface area (Å²) in [6.07, 6.45) is 3.02. The zero-order valence-corrected chi connectivity index (χ0v) is 11.4. The zero-order valence-electron chi connectivity index (χ0n) is 11.4. The van der Waals surface area contributed by atoms with Crippen LogP contribution in [0.25, 0.3) is 0 Å². The number of aromatic carboxylic acids is 1. The summed E-state index contributed by atoms with van der Waals surface area (Å²) in [5, 5.41) is 19.4. The quantitative estimate of drug-likeness (QED) is 0.861. The van der Waals surface area contributed by atoms with E-state index in [9.17, 15) is 9.59 Å². The molecule has 0 aliphatic heterocycles. The van der Waals surface area contributed by atoms with Crippen molar-refractivity contribution < 1.29 is 14.7 Å². The molecule has 1 amide bonds. The molecule has 1 unspecified atom stereocenters. The third-order valence-corrected chi connectivity index (χ3v) is 3.10. The average Bonchev–Trinajstić information content (AvgIpc) is 3.00. The Labute approximate surface area is 115 Å². The number of amides is 1. The lowest BCUT2D eigenvalue weighted by molar-refractivity contribution is -0.119. The second-order valence-corrected chi connectivity index (χ2v) is 4.42. The Bertz CT molecular complexity index is 658. The normalized spacial score (nSPS) is 12.2. The van der Waals surface area contributed by atoms with Gasteiger partial charge in [0.25, 0.3) is 0 Å². The topological polar surface area (TPSA) is 102 Å². The number of carboxylic acid groups (broad SMARTS) is 1. The Morgan fingerprint density at radius 2 is 2.15 bits per heavy atom. The molecule has 0 spiro atoms. The largest absolute Gasteiger partial charge is 0.476 e. The average molecular weight is 277 g/mol. The minimum Gasteiger partial charge on any atom is -0.476 e. The molecular weight excluding hydrogens is 262 g/mol. The Kier molecular flexibility index (Phi) is 3.55. The molecule has 8 heteroatoms. The van der Waals surface area contributed by atoms with Crippen molar-refractivity contribution in [2.75, 3.05) is 5.32 Å². The van der Waals surface area contributed by atoms with E-state index in [-0.39, 0.29) is 11.6 Å². The minimum absolute atomic E-state index is 0.0952. The fraction of sp³-hybridized carbons (Fsp3) is 0.333. The van der Waals surface area contributed by atoms with E-state index in [1.54, 1.807) is 24.9 Å². The highest BCUT2D eigenvalue weighted by molar-refractivity contribution is 5.93. The highest BCUT2D eigenvalue weighted by atomic mass is 16.4. The highest BCUT2D eigenvalue weighted by Gasteiger charge is 2.19. The summed E-state index contributed by atoms with van der Waals surface area (Å²) in [7, 11) is 1.78. The smallest absolute Gasteiger partial charge is 0.356 e. The lowest BCUT2D eigenvalue weighted by Gasteiger charge is -2.12. The summed E-state index contributed by atoms with van der Waals surface area (Å²) in [5.74, 6) is -1.42. The van der Waals surface area contributed by atoms with E-state index >= 15 is 0 Å². The molecule has 0 bridgehead atoms. The fourth-order valence-corrected chi connectivity index (χ4v) is 1.65. The van der Waals surface area contributed by atoms with Gasteiger partial charge in [-0.05, 0) is 19.9 Å². The maximum atomic E-state index is 12.1. The first-order chi connectivity index (χ1) is 9.40. The second-order valence-electron chi connectivity index (χ2n) is 4.42. The number of hydrogen-bond donors (Lipinski definition) is 2. The van der Waals surface area contributed by atoms with E-state index < -0.39 is 12.0 Å². The summed E-state index contributed by atoms with van der Waals surface area (Å²) < 4.78 is 2.96. The monoisotopic (exact) mass is 277 g/mol. The molecule has 0 aromatic carbocycles. The zero-order chi connectivity index (χ0) is 14.9. The Balaban J connectivity index is 2.12. The predicted molar refractivity (Wildman–Crippen MR) is 70.5 cm³/mol. The summed E-state index contributed by atoms with van der Waals surface area (Å²) >= 11 is 0. The number of anilines is 1. The molecule has 0 saturated carbocycles. The predicted octanol–water partition coefficient (Wildman–Crippen LogP) is 0.823. The van der Waals surface area contributed by atoms with Crippen molar-refractivity contribution in [2.45, 2.75) is 19.9 Å². The van der Waals surface area contributed by atoms with Crippen molar-refractivity contribution in [3.63, 3.8) is 0 Å². The Morgan fingerprint density at radius 3 is 2.65 bits per heavy atom. The summed E-state index contributed by atoms with van der Waals surface area (Å²) in [6.45, 7) is 3.48. The van der Waals surface area contributed by atoms with Crippen LogP contribution >= 0.6 is 0 Å². The summed E-state index contributed by atoms with van der Waals surface area (Å²) in [5.41, 5.74) is 1.36. The number of rotatable bonds is 4. The van der Waals surface area contributed by atoms with Crippen LogP contribution in [0.4, 0.5) is 5.69 Å². The molecule has 1 atom stereocenters. The lowest BCUT2D eigenvalue weighted by Crippen LogP contribution is -2.24. The minimum atomic E-state index is -1.13. The number of carboxylic acids is 1. The number of aromatic nitrogens is 4. The number of carbonyl (C=O) groups excluding carboxylic acids is 1. The molecule has 0 aliphatic carbocycles. The van der Waals surface area contributed by atoms with E-state index in [1.165, 1.54) is 16.9 Å². The first kappa shape index (κ1) is 13.8. The SMILES string of the molecule is Cc1c(NC(=O)C(C)n2ccc(C(=O)O)n2)cnn1C. The van der Waals surface area contributed by atoms with Crippen LogP contribution in [0.2, 0.25) is 0 Å². The van der Waals surface area contributed by atoms with Crippen molar-refractivity contribution in [1.82, 2.24) is 19.6 Å². The number of carbonyl (C=O) groups is 2. The van der Waals surface area contributed by atoms with Gasteiger partial charge in [-0.2, -0.15) is 10.2 Å². The van der Waals surface area contributed by atoms with Gasteiger partial charge in [-0.25, -0.2) is 4.79 Å². The summed E-state index contributed by atoms with van der Waals surface area (Å²) in [4.78, 5) is 22.9. The molecule has 0 saturated heterocycles. The number of hydrogen-bond acceptors (Lipinski definition) is 4. The molecule has 106 valence electrons. The lowest BCUT2D eigenvalue weighted by atomic mass is 10.3. The van der Waals surface area contributed by atoms with Crippen LogP contribution in [-0.4, -0.2) is 36.5 Å². The number of nitrogens with one attached hydrogen (secondary N) is 1. The molecule has 2 aromatic rings. The van der Waals surface area contributed by atoms with Gasteiger partial charge in [0.2, 0.25) is 5.91 Å². The van der Waals surface area contributed by atoms with Crippen LogP contribution in [0, 0.1) is 6.92 Å². The van der Waals surface area contributed by atoms with E-state index in [4.69, 9.17) is 5.11 Å². The van der Waals surface area contributed by atoms with Gasteiger partial charge in [0, 0.05) is 13.2 Å². The molecule has 2 aromatic heterocycles. The first-order valence-electron chi connectivity index (χ1n) is 5.98. The maximum absolute atomic E-state index is 12.1. The second kappa shape index (κ2) is 5.16. The number of aryl methyl sites for hydroxylation is 1. The van der Waals surface area contributed by atoms with Gasteiger partial charge in [-0.3, -0.25) is 14.2 Å². The first-order valence-corrected chi connectivity index (χ1v) is 5.98. The van der Waals surface area contributed by atoms with E-state index in [2.05, 4.69) is 15.5 Å². The van der Waals surface area contributed by atoms with Crippen molar-refractivity contribution in [3.8, 4) is 0 Å². The van der Waals surface area contributed by atoms with Crippen LogP contribution in [0.3, 0.4) is 0 Å². The van der Waals surface area contributed by atoms with Crippen molar-refractivity contribution in [3.05, 3.63) is 29.8 Å². The highest BCUT2D eigenvalue weighted by Crippen LogP contribution is 2.15. The Hall–Kier alpha value is -2.64. The van der Waals surface area contributed by atoms with Crippen LogP contribution in [0.15, 0.2) is 18.5 Å². The van der Waals surface area contributed by atoms with Gasteiger partial charge in [0.05, 0.1) is 17.6 Å². The van der Waals surface area contributed by atoms with Crippen LogP contribution in [0.5, 0.6) is 0 Å². The van der Waals surface area contributed by atoms with Gasteiger partial charge < -0.3 is 10.4 Å². The van der Waals surface area contributed by atoms with Crippen molar-refractivity contribution in [2.24, 2.45) is 7.05 Å². The van der Waals surface area contributed by atoms with Crippen molar-refractivity contribution >= 4 is 17.6 Å². The maximum Gasteiger partial charge on any atom is 0.356 e. The molecule has 0 aliphatic rings. The van der Waals surface area contributed by atoms with Gasteiger partial charge in [0.1, 0.15) is 6.04 Å². The van der Waals surface area contributed by atoms with Gasteiger partial charge in [0.15, 0.2) is 5.69 Å². The Morgan fingerprint density at radius 1 is 1.45 bits per heavy atom. The van der Waals surface area contributed by atoms with Gasteiger partial charge in [-0.1, -0.05) is 0 Å². The molecule has 8 nitrogen and oxygen atoms in total. The summed E-state index contributed by atoms with van der Waals surface area (Å²) in [6, 6.07) is 0.726. The standard InChI is InChI=1S/C12H15N5O3/c1-7-10(6-13-16(7)3)14-11(18)8(2)17-5-4-9(15-17)12(19)20/h4-6,8H,1-3H3,(H,14,18)(H,19,20). The van der Waals surface area contributed by atoms with E-state index in [1.807, 2.05) is 6.92 Å². The van der Waals surface area contributed by atoms with Crippen molar-refractivity contribution in [1.29, 1.82) is 0 Å². The molecule has 0 fully saturated rings. The van der Waals surface area contributed by atoms with Crippen LogP contribution in [-0.2, 0) is 11.8 Å². The van der Waals surface area contributed by atoms with Gasteiger partial charge >= 0.3 is 5.97 Å². The molecule has 20 heavy (non-hydrogen) atoms. The van der Waals surface area contributed by atoms with Crippen LogP contribution in [0.1, 0.15) is 29.1 Å². The fourth-order valence-electron chi connectivity index (χ4n) is 1.65. The van der Waals surface area contributed by atoms with Crippen LogP contribution < -0.4 is 5.32 Å². The molecule has 0 radical (unpaired) electrons. The van der Waals surface area contributed by atoms with E-state index in [0.29, 0.717) is 5.69 Å². The van der Waals surface area contributed by atoms with Gasteiger partial charge in [-0.15, -0.1) is 0 Å².